The number of phenols is 1. The molecule has 10 nitrogen and oxygen atoms in total. The number of likely N-dealkylation sites (tertiary alicyclic amines) is 1. The predicted molar refractivity (Wildman–Crippen MR) is 96.3 cm³/mol. The van der Waals surface area contributed by atoms with Gasteiger partial charge in [0.15, 0.2) is 0 Å². The molecule has 0 aliphatic carbocycles. The first kappa shape index (κ1) is 21.2. The molecule has 1 aromatic carbocycles. The molecule has 6 N–H and O–H groups in total. The summed E-state index contributed by atoms with van der Waals surface area (Å²) in [5, 5.41) is 29.9. The van der Waals surface area contributed by atoms with E-state index in [9.17, 15) is 29.4 Å². The van der Waals surface area contributed by atoms with E-state index in [2.05, 4.69) is 5.32 Å². The number of amides is 2. The van der Waals surface area contributed by atoms with Crippen LogP contribution in [0.25, 0.3) is 0 Å². The molecule has 10 heteroatoms. The van der Waals surface area contributed by atoms with Crippen LogP contribution in [0.4, 0.5) is 0 Å². The largest absolute Gasteiger partial charge is 0.508 e. The van der Waals surface area contributed by atoms with Crippen LogP contribution in [0.5, 0.6) is 5.75 Å². The molecule has 1 heterocycles. The second-order valence-corrected chi connectivity index (χ2v) is 6.66. The Morgan fingerprint density at radius 2 is 1.82 bits per heavy atom. The minimum atomic E-state index is -1.41. The number of phenolic OH excluding ortho intramolecular Hbond substituents is 1. The number of nitrogens with one attached hydrogen (secondary N) is 1. The summed E-state index contributed by atoms with van der Waals surface area (Å²) in [6.45, 7) is 0.182. The topological polar surface area (TPSA) is 170 Å². The summed E-state index contributed by atoms with van der Waals surface area (Å²) in [7, 11) is 0. The molecular formula is C18H23N3O7. The van der Waals surface area contributed by atoms with Gasteiger partial charge in [-0.3, -0.25) is 14.4 Å². The average Bonchev–Trinajstić information content (AvgIpc) is 3.12. The smallest absolute Gasteiger partial charge is 0.326 e. The number of carbonyl (C=O) groups is 4. The van der Waals surface area contributed by atoms with Crippen LogP contribution in [-0.4, -0.2) is 68.6 Å². The Morgan fingerprint density at radius 1 is 1.18 bits per heavy atom. The van der Waals surface area contributed by atoms with Crippen molar-refractivity contribution in [2.45, 2.75) is 43.8 Å². The van der Waals surface area contributed by atoms with Gasteiger partial charge in [0.25, 0.3) is 0 Å². The van der Waals surface area contributed by atoms with Crippen molar-refractivity contribution in [3.8, 4) is 5.75 Å². The summed E-state index contributed by atoms with van der Waals surface area (Å²) >= 11 is 0. The molecular weight excluding hydrogens is 370 g/mol. The monoisotopic (exact) mass is 393 g/mol. The first-order chi connectivity index (χ1) is 13.2. The highest BCUT2D eigenvalue weighted by atomic mass is 16.4. The highest BCUT2D eigenvalue weighted by molar-refractivity contribution is 5.94. The lowest BCUT2D eigenvalue weighted by atomic mass is 10.0. The number of nitrogens with two attached hydrogens (primary N) is 1. The van der Waals surface area contributed by atoms with Crippen LogP contribution in [0, 0.1) is 0 Å². The molecule has 2 rings (SSSR count). The maximum atomic E-state index is 12.7. The van der Waals surface area contributed by atoms with Crippen molar-refractivity contribution in [2.75, 3.05) is 6.54 Å². The molecule has 0 radical (unpaired) electrons. The fourth-order valence-corrected chi connectivity index (χ4v) is 3.12. The Balaban J connectivity index is 2.06. The maximum Gasteiger partial charge on any atom is 0.326 e. The first-order valence-corrected chi connectivity index (χ1v) is 8.78. The van der Waals surface area contributed by atoms with Gasteiger partial charge in [-0.15, -0.1) is 0 Å². The number of aromatic hydroxyl groups is 1. The number of benzene rings is 1. The van der Waals surface area contributed by atoms with Crippen LogP contribution in [-0.2, 0) is 25.6 Å². The van der Waals surface area contributed by atoms with Crippen LogP contribution in [0.15, 0.2) is 24.3 Å². The summed E-state index contributed by atoms with van der Waals surface area (Å²) in [5.41, 5.74) is 6.53. The molecule has 0 saturated carbocycles. The predicted octanol–water partition coefficient (Wildman–Crippen LogP) is -0.703. The minimum Gasteiger partial charge on any atom is -0.508 e. The summed E-state index contributed by atoms with van der Waals surface area (Å²) < 4.78 is 0. The third kappa shape index (κ3) is 5.43. The van der Waals surface area contributed by atoms with Crippen molar-refractivity contribution in [2.24, 2.45) is 5.73 Å². The third-order valence-corrected chi connectivity index (χ3v) is 4.54. The number of aliphatic carboxylic acids is 2. The van der Waals surface area contributed by atoms with E-state index in [0.29, 0.717) is 12.0 Å². The van der Waals surface area contributed by atoms with E-state index in [0.717, 1.165) is 4.90 Å². The van der Waals surface area contributed by atoms with Crippen LogP contribution in [0.1, 0.15) is 24.8 Å². The second kappa shape index (κ2) is 9.18. The van der Waals surface area contributed by atoms with Crippen molar-refractivity contribution in [1.29, 1.82) is 0 Å². The van der Waals surface area contributed by atoms with Crippen molar-refractivity contribution >= 4 is 23.8 Å². The van der Waals surface area contributed by atoms with Crippen molar-refractivity contribution in [3.63, 3.8) is 0 Å². The van der Waals surface area contributed by atoms with E-state index in [1.807, 2.05) is 0 Å². The number of hydrogen-bond acceptors (Lipinski definition) is 6. The zero-order valence-corrected chi connectivity index (χ0v) is 15.1. The SMILES string of the molecule is N[C@@H](Cc1ccc(O)cc1)C(=O)N[C@@H](CC(=O)O)C(=O)N1CCC[C@@H]1C(=O)O. The van der Waals surface area contributed by atoms with Gasteiger partial charge in [-0.1, -0.05) is 12.1 Å². The number of carboxylic acids is 2. The van der Waals surface area contributed by atoms with Gasteiger partial charge in [0.2, 0.25) is 11.8 Å². The lowest BCUT2D eigenvalue weighted by Gasteiger charge is -2.27. The minimum absolute atomic E-state index is 0.0625. The quantitative estimate of drug-likeness (QED) is 0.386. The molecule has 1 fully saturated rings. The van der Waals surface area contributed by atoms with Crippen molar-refractivity contribution in [3.05, 3.63) is 29.8 Å². The number of carboxylic acid groups (broad SMARTS) is 2. The van der Waals surface area contributed by atoms with E-state index in [4.69, 9.17) is 10.8 Å². The zero-order valence-electron chi connectivity index (χ0n) is 15.1. The van der Waals surface area contributed by atoms with Gasteiger partial charge in [-0.05, 0) is 37.0 Å². The van der Waals surface area contributed by atoms with Gasteiger partial charge in [-0.2, -0.15) is 0 Å². The van der Waals surface area contributed by atoms with Crippen molar-refractivity contribution < 1.29 is 34.5 Å². The normalized spacial score (nSPS) is 18.3. The molecule has 28 heavy (non-hydrogen) atoms. The highest BCUT2D eigenvalue weighted by Crippen LogP contribution is 2.19. The molecule has 1 saturated heterocycles. The zero-order chi connectivity index (χ0) is 20.8. The van der Waals surface area contributed by atoms with E-state index in [1.54, 1.807) is 12.1 Å². The van der Waals surface area contributed by atoms with Crippen LogP contribution < -0.4 is 11.1 Å². The van der Waals surface area contributed by atoms with Crippen molar-refractivity contribution in [1.82, 2.24) is 10.2 Å². The summed E-state index contributed by atoms with van der Waals surface area (Å²) in [6, 6.07) is 2.56. The van der Waals surface area contributed by atoms with Gasteiger partial charge in [-0.25, -0.2) is 4.79 Å². The standard InChI is InChI=1S/C18H23N3O7/c19-12(8-10-3-5-11(22)6-4-10)16(25)20-13(9-15(23)24)17(26)21-7-1-2-14(21)18(27)28/h3-6,12-14,22H,1-2,7-9,19H2,(H,20,25)(H,23,24)(H,27,28)/t12-,13-,14+/m0/s1. The lowest BCUT2D eigenvalue weighted by Crippen LogP contribution is -2.55. The molecule has 0 unspecified atom stereocenters. The molecule has 1 aliphatic heterocycles. The Kier molecular flexibility index (Phi) is 6.94. The van der Waals surface area contributed by atoms with Gasteiger partial charge >= 0.3 is 11.9 Å². The van der Waals surface area contributed by atoms with Crippen LogP contribution >= 0.6 is 0 Å². The summed E-state index contributed by atoms with van der Waals surface area (Å²) in [4.78, 5) is 48.5. The fourth-order valence-electron chi connectivity index (χ4n) is 3.12. The number of carbonyl (C=O) groups excluding carboxylic acids is 2. The molecule has 1 aliphatic rings. The molecule has 0 aromatic heterocycles. The Hall–Kier alpha value is -3.14. The van der Waals surface area contributed by atoms with Gasteiger partial charge < -0.3 is 31.3 Å². The lowest BCUT2D eigenvalue weighted by molar-refractivity contribution is -0.150. The molecule has 3 atom stereocenters. The van der Waals surface area contributed by atoms with Crippen LogP contribution in [0.2, 0.25) is 0 Å². The third-order valence-electron chi connectivity index (χ3n) is 4.54. The van der Waals surface area contributed by atoms with Gasteiger partial charge in [0.1, 0.15) is 17.8 Å². The van der Waals surface area contributed by atoms with Gasteiger partial charge in [0.05, 0.1) is 12.5 Å². The van der Waals surface area contributed by atoms with E-state index >= 15 is 0 Å². The summed E-state index contributed by atoms with van der Waals surface area (Å²) in [5.74, 6) is -3.89. The molecule has 2 amide bonds. The van der Waals surface area contributed by atoms with Gasteiger partial charge in [0, 0.05) is 6.54 Å². The van der Waals surface area contributed by atoms with E-state index in [1.165, 1.54) is 12.1 Å². The van der Waals surface area contributed by atoms with Crippen LogP contribution in [0.3, 0.4) is 0 Å². The molecule has 0 bridgehead atoms. The number of rotatable bonds is 8. The Labute approximate surface area is 160 Å². The molecule has 152 valence electrons. The molecule has 1 aromatic rings. The second-order valence-electron chi connectivity index (χ2n) is 6.66. The fraction of sp³-hybridized carbons (Fsp3) is 0.444. The summed E-state index contributed by atoms with van der Waals surface area (Å²) in [6.07, 6.45) is 0.187. The first-order valence-electron chi connectivity index (χ1n) is 8.78. The molecule has 0 spiro atoms. The number of hydrogen-bond donors (Lipinski definition) is 5. The average molecular weight is 393 g/mol. The maximum absolute atomic E-state index is 12.7. The highest BCUT2D eigenvalue weighted by Gasteiger charge is 2.38. The number of nitrogens with zero attached hydrogens (tertiary/aromatic N) is 1. The van der Waals surface area contributed by atoms with E-state index < -0.39 is 48.3 Å². The van der Waals surface area contributed by atoms with E-state index in [-0.39, 0.29) is 25.1 Å². The Bertz CT molecular complexity index is 750. The Morgan fingerprint density at radius 3 is 2.39 bits per heavy atom.